The first-order chi connectivity index (χ1) is 15.3. The minimum atomic E-state index is -3.84. The molecule has 0 saturated carbocycles. The smallest absolute Gasteiger partial charge is 0.258 e. The second-order valence-electron chi connectivity index (χ2n) is 7.17. The number of halogens is 2. The zero-order valence-electron chi connectivity index (χ0n) is 16.7. The monoisotopic (exact) mass is 475 g/mol. The largest absolute Gasteiger partial charge is 0.455 e. The van der Waals surface area contributed by atoms with Gasteiger partial charge in [0.25, 0.3) is 5.91 Å². The zero-order chi connectivity index (χ0) is 22.7. The SMILES string of the molecule is O=C(N/N=C\c1ccc(-c2ccc(F)cc2)o1)[C@H]1CCCN1S(=O)(=O)c1ccc(Cl)cc1. The van der Waals surface area contributed by atoms with E-state index in [9.17, 15) is 17.6 Å². The van der Waals surface area contributed by atoms with E-state index in [0.29, 0.717) is 34.9 Å². The minimum Gasteiger partial charge on any atom is -0.455 e. The van der Waals surface area contributed by atoms with Crippen molar-refractivity contribution >= 4 is 33.7 Å². The van der Waals surface area contributed by atoms with Gasteiger partial charge in [-0.3, -0.25) is 4.79 Å². The summed E-state index contributed by atoms with van der Waals surface area (Å²) in [5, 5.41) is 4.32. The quantitative estimate of drug-likeness (QED) is 0.430. The highest BCUT2D eigenvalue weighted by Crippen LogP contribution is 2.27. The third-order valence-corrected chi connectivity index (χ3v) is 7.22. The topological polar surface area (TPSA) is 92.0 Å². The Morgan fingerprint density at radius 3 is 2.56 bits per heavy atom. The number of benzene rings is 2. The van der Waals surface area contributed by atoms with E-state index in [-0.39, 0.29) is 17.3 Å². The predicted octanol–water partition coefficient (Wildman–Crippen LogP) is 4.04. The molecule has 1 N–H and O–H groups in total. The fourth-order valence-electron chi connectivity index (χ4n) is 3.46. The van der Waals surface area contributed by atoms with Crippen LogP contribution in [0.1, 0.15) is 18.6 Å². The van der Waals surface area contributed by atoms with E-state index in [1.54, 1.807) is 24.3 Å². The standard InChI is InChI=1S/C22H19ClFN3O4S/c23-16-5-10-19(11-6-16)32(29,30)27-13-1-2-20(27)22(28)26-25-14-18-9-12-21(31-18)15-3-7-17(24)8-4-15/h3-12,14,20H,1-2,13H2,(H,26,28)/b25-14-/t20-/m1/s1. The second kappa shape index (κ2) is 9.23. The maximum atomic E-state index is 13.1. The van der Waals surface area contributed by atoms with Gasteiger partial charge >= 0.3 is 0 Å². The number of amides is 1. The van der Waals surface area contributed by atoms with Crippen molar-refractivity contribution < 1.29 is 22.0 Å². The van der Waals surface area contributed by atoms with Crippen LogP contribution in [-0.4, -0.2) is 37.4 Å². The minimum absolute atomic E-state index is 0.0778. The van der Waals surface area contributed by atoms with Crippen LogP contribution in [0.15, 0.2) is 75.1 Å². The van der Waals surface area contributed by atoms with Crippen LogP contribution in [0.25, 0.3) is 11.3 Å². The average molecular weight is 476 g/mol. The van der Waals surface area contributed by atoms with E-state index in [1.165, 1.54) is 46.9 Å². The van der Waals surface area contributed by atoms with E-state index in [1.807, 2.05) is 0 Å². The lowest BCUT2D eigenvalue weighted by molar-refractivity contribution is -0.124. The first-order valence-corrected chi connectivity index (χ1v) is 11.6. The van der Waals surface area contributed by atoms with Gasteiger partial charge in [0.05, 0.1) is 11.1 Å². The van der Waals surface area contributed by atoms with E-state index in [4.69, 9.17) is 16.0 Å². The summed E-state index contributed by atoms with van der Waals surface area (Å²) in [6.45, 7) is 0.242. The lowest BCUT2D eigenvalue weighted by Gasteiger charge is -2.22. The van der Waals surface area contributed by atoms with Gasteiger partial charge in [0, 0.05) is 17.1 Å². The molecule has 3 aromatic rings. The Kier molecular flexibility index (Phi) is 6.40. The molecule has 0 unspecified atom stereocenters. The van der Waals surface area contributed by atoms with Crippen LogP contribution in [0.3, 0.4) is 0 Å². The molecule has 0 aliphatic carbocycles. The molecule has 0 spiro atoms. The number of hydrogen-bond donors (Lipinski definition) is 1. The summed E-state index contributed by atoms with van der Waals surface area (Å²) in [5.41, 5.74) is 3.08. The van der Waals surface area contributed by atoms with Crippen molar-refractivity contribution in [2.45, 2.75) is 23.8 Å². The molecule has 2 aromatic carbocycles. The molecule has 166 valence electrons. The van der Waals surface area contributed by atoms with Crippen molar-refractivity contribution in [1.82, 2.24) is 9.73 Å². The van der Waals surface area contributed by atoms with Crippen molar-refractivity contribution in [1.29, 1.82) is 0 Å². The van der Waals surface area contributed by atoms with Crippen molar-refractivity contribution in [2.24, 2.45) is 5.10 Å². The van der Waals surface area contributed by atoms with E-state index in [2.05, 4.69) is 10.5 Å². The van der Waals surface area contributed by atoms with Crippen LogP contribution in [0.4, 0.5) is 4.39 Å². The normalized spacial score (nSPS) is 17.1. The average Bonchev–Trinajstić information content (AvgIpc) is 3.45. The van der Waals surface area contributed by atoms with Gasteiger partial charge < -0.3 is 4.42 Å². The molecule has 0 radical (unpaired) electrons. The Bertz CT molecular complexity index is 1240. The summed E-state index contributed by atoms with van der Waals surface area (Å²) >= 11 is 5.84. The molecule has 10 heteroatoms. The van der Waals surface area contributed by atoms with Gasteiger partial charge in [-0.1, -0.05) is 11.6 Å². The number of nitrogens with one attached hydrogen (secondary N) is 1. The number of carbonyl (C=O) groups excluding carboxylic acids is 1. The van der Waals surface area contributed by atoms with Crippen molar-refractivity contribution in [3.05, 3.63) is 77.3 Å². The molecular weight excluding hydrogens is 457 g/mol. The Hall–Kier alpha value is -3.01. The fraction of sp³-hybridized carbons (Fsp3) is 0.182. The molecule has 0 bridgehead atoms. The van der Waals surface area contributed by atoms with E-state index in [0.717, 1.165) is 0 Å². The molecule has 1 fully saturated rings. The molecule has 2 heterocycles. The maximum Gasteiger partial charge on any atom is 0.258 e. The molecule has 1 atom stereocenters. The zero-order valence-corrected chi connectivity index (χ0v) is 18.3. The third kappa shape index (κ3) is 4.74. The number of hydrazone groups is 1. The molecule has 1 aliphatic rings. The molecule has 32 heavy (non-hydrogen) atoms. The van der Waals surface area contributed by atoms with Crippen LogP contribution < -0.4 is 5.43 Å². The van der Waals surface area contributed by atoms with Gasteiger partial charge in [0.1, 0.15) is 23.4 Å². The Morgan fingerprint density at radius 1 is 1.12 bits per heavy atom. The summed E-state index contributed by atoms with van der Waals surface area (Å²) < 4.78 is 45.7. The number of rotatable bonds is 6. The summed E-state index contributed by atoms with van der Waals surface area (Å²) in [6.07, 6.45) is 2.27. The first kappa shape index (κ1) is 22.2. The number of nitrogens with zero attached hydrogens (tertiary/aromatic N) is 2. The van der Waals surface area contributed by atoms with E-state index >= 15 is 0 Å². The number of hydrogen-bond acceptors (Lipinski definition) is 5. The summed E-state index contributed by atoms with van der Waals surface area (Å²) in [5.74, 6) is 0.0286. The molecule has 4 rings (SSSR count). The lowest BCUT2D eigenvalue weighted by Crippen LogP contribution is -2.44. The lowest BCUT2D eigenvalue weighted by atomic mass is 10.2. The van der Waals surface area contributed by atoms with Crippen molar-refractivity contribution in [2.75, 3.05) is 6.54 Å². The van der Waals surface area contributed by atoms with Gasteiger partial charge in [-0.15, -0.1) is 0 Å². The van der Waals surface area contributed by atoms with Crippen LogP contribution in [0.5, 0.6) is 0 Å². The van der Waals surface area contributed by atoms with Crippen LogP contribution in [0.2, 0.25) is 5.02 Å². The van der Waals surface area contributed by atoms with Gasteiger partial charge in [0.15, 0.2) is 0 Å². The van der Waals surface area contributed by atoms with Crippen LogP contribution in [-0.2, 0) is 14.8 Å². The van der Waals surface area contributed by atoms with E-state index < -0.39 is 22.0 Å². The fourth-order valence-corrected chi connectivity index (χ4v) is 5.24. The molecular formula is C22H19ClFN3O4S. The summed E-state index contributed by atoms with van der Waals surface area (Å²) in [7, 11) is -3.84. The number of carbonyl (C=O) groups is 1. The third-order valence-electron chi connectivity index (χ3n) is 5.05. The highest BCUT2D eigenvalue weighted by atomic mass is 35.5. The van der Waals surface area contributed by atoms with Crippen molar-refractivity contribution in [3.8, 4) is 11.3 Å². The highest BCUT2D eigenvalue weighted by molar-refractivity contribution is 7.89. The van der Waals surface area contributed by atoms with Gasteiger partial charge in [-0.2, -0.15) is 9.41 Å². The predicted molar refractivity (Wildman–Crippen MR) is 118 cm³/mol. The summed E-state index contributed by atoms with van der Waals surface area (Å²) in [6, 6.07) is 14.2. The maximum absolute atomic E-state index is 13.1. The second-order valence-corrected chi connectivity index (χ2v) is 9.50. The number of furan rings is 1. The van der Waals surface area contributed by atoms with Crippen molar-refractivity contribution in [3.63, 3.8) is 0 Å². The van der Waals surface area contributed by atoms with Gasteiger partial charge in [0.2, 0.25) is 10.0 Å². The number of sulfonamides is 1. The highest BCUT2D eigenvalue weighted by Gasteiger charge is 2.39. The first-order valence-electron chi connectivity index (χ1n) is 9.81. The Labute approximate surface area is 189 Å². The van der Waals surface area contributed by atoms with Crippen LogP contribution >= 0.6 is 11.6 Å². The molecule has 1 aromatic heterocycles. The molecule has 1 saturated heterocycles. The Morgan fingerprint density at radius 2 is 1.84 bits per heavy atom. The van der Waals surface area contributed by atoms with Gasteiger partial charge in [-0.25, -0.2) is 18.2 Å². The Balaban J connectivity index is 1.42. The van der Waals surface area contributed by atoms with Crippen LogP contribution in [0, 0.1) is 5.82 Å². The molecule has 1 aliphatic heterocycles. The summed E-state index contributed by atoms with van der Waals surface area (Å²) in [4.78, 5) is 12.7. The molecule has 1 amide bonds. The molecule has 7 nitrogen and oxygen atoms in total. The van der Waals surface area contributed by atoms with Gasteiger partial charge in [-0.05, 0) is 73.5 Å².